The van der Waals surface area contributed by atoms with Gasteiger partial charge in [-0.05, 0) is 17.7 Å². The van der Waals surface area contributed by atoms with Crippen LogP contribution in [0.15, 0.2) is 34.7 Å². The second-order valence-electron chi connectivity index (χ2n) is 6.30. The molecule has 1 aromatic heterocycles. The summed E-state index contributed by atoms with van der Waals surface area (Å²) < 4.78 is 26.2. The van der Waals surface area contributed by atoms with Gasteiger partial charge in [-0.1, -0.05) is 11.2 Å². The van der Waals surface area contributed by atoms with Gasteiger partial charge < -0.3 is 23.4 Å². The lowest BCUT2D eigenvalue weighted by atomic mass is 10.1. The van der Waals surface area contributed by atoms with E-state index in [2.05, 4.69) is 15.5 Å². The van der Waals surface area contributed by atoms with Crippen molar-refractivity contribution in [2.45, 2.75) is 6.42 Å². The maximum Gasteiger partial charge on any atom is 0.322 e. The summed E-state index contributed by atoms with van der Waals surface area (Å²) in [6.07, 6.45) is 0.288. The average Bonchev–Trinajstić information content (AvgIpc) is 3.41. The summed E-state index contributed by atoms with van der Waals surface area (Å²) in [7, 11) is 2.69. The molecule has 0 fully saturated rings. The number of benzene rings is 2. The first kappa shape index (κ1) is 19.9. The summed E-state index contributed by atoms with van der Waals surface area (Å²) in [5, 5.41) is 21.4. The Morgan fingerprint density at radius 2 is 1.87 bits per heavy atom. The van der Waals surface area contributed by atoms with Gasteiger partial charge in [0.15, 0.2) is 23.0 Å². The Bertz CT molecular complexity index is 1160. The van der Waals surface area contributed by atoms with Gasteiger partial charge in [0.25, 0.3) is 11.6 Å². The molecule has 0 spiro atoms. The number of anilines is 1. The van der Waals surface area contributed by atoms with E-state index < -0.39 is 16.5 Å². The number of carbonyl (C=O) groups is 1. The average molecular weight is 428 g/mol. The van der Waals surface area contributed by atoms with E-state index in [-0.39, 0.29) is 42.2 Å². The highest BCUT2D eigenvalue weighted by Crippen LogP contribution is 2.35. The van der Waals surface area contributed by atoms with Crippen molar-refractivity contribution < 1.29 is 33.1 Å². The molecular weight excluding hydrogens is 412 g/mol. The fourth-order valence-electron chi connectivity index (χ4n) is 2.97. The third-order valence-electron chi connectivity index (χ3n) is 4.42. The largest absolute Gasteiger partial charge is 0.493 e. The van der Waals surface area contributed by atoms with Crippen LogP contribution in [0.3, 0.4) is 0 Å². The molecule has 0 bridgehead atoms. The second-order valence-corrected chi connectivity index (χ2v) is 6.30. The lowest BCUT2D eigenvalue weighted by Gasteiger charge is -2.09. The molecule has 1 N–H and O–H groups in total. The molecule has 0 radical (unpaired) electrons. The Morgan fingerprint density at radius 1 is 1.13 bits per heavy atom. The van der Waals surface area contributed by atoms with Gasteiger partial charge in [0.2, 0.25) is 12.7 Å². The first-order valence-electron chi connectivity index (χ1n) is 8.91. The Labute approximate surface area is 174 Å². The van der Waals surface area contributed by atoms with Gasteiger partial charge in [-0.15, -0.1) is 5.10 Å². The Hall–Kier alpha value is -4.35. The first-order valence-corrected chi connectivity index (χ1v) is 8.91. The van der Waals surface area contributed by atoms with Crippen LogP contribution in [-0.2, 0) is 6.42 Å². The monoisotopic (exact) mass is 428 g/mol. The predicted octanol–water partition coefficient (Wildman–Crippen LogP) is 2.57. The van der Waals surface area contributed by atoms with E-state index in [4.69, 9.17) is 23.4 Å². The van der Waals surface area contributed by atoms with Gasteiger partial charge in [0.1, 0.15) is 5.56 Å². The highest BCUT2D eigenvalue weighted by Gasteiger charge is 2.26. The lowest BCUT2D eigenvalue weighted by Crippen LogP contribution is -2.14. The van der Waals surface area contributed by atoms with Gasteiger partial charge in [0, 0.05) is 6.07 Å². The molecular formula is C19H16N4O8. The molecule has 4 rings (SSSR count). The van der Waals surface area contributed by atoms with Crippen molar-refractivity contribution in [1.82, 2.24) is 10.2 Å². The lowest BCUT2D eigenvalue weighted by molar-refractivity contribution is -0.385. The number of nitrogens with one attached hydrogen (secondary N) is 1. The zero-order chi connectivity index (χ0) is 22.0. The van der Waals surface area contributed by atoms with E-state index in [1.54, 1.807) is 12.1 Å². The number of carbonyl (C=O) groups excluding carboxylic acids is 1. The molecule has 2 heterocycles. The van der Waals surface area contributed by atoms with Crippen LogP contribution < -0.4 is 24.3 Å². The summed E-state index contributed by atoms with van der Waals surface area (Å²) in [6.45, 7) is 0.164. The first-order chi connectivity index (χ1) is 15.0. The number of nitro benzene ring substituents is 1. The van der Waals surface area contributed by atoms with Crippen LogP contribution in [0.2, 0.25) is 0 Å². The van der Waals surface area contributed by atoms with Gasteiger partial charge >= 0.3 is 6.01 Å². The van der Waals surface area contributed by atoms with Crippen LogP contribution in [0.1, 0.15) is 21.8 Å². The highest BCUT2D eigenvalue weighted by atomic mass is 16.7. The van der Waals surface area contributed by atoms with Crippen molar-refractivity contribution in [3.8, 4) is 23.0 Å². The number of amides is 1. The van der Waals surface area contributed by atoms with Crippen molar-refractivity contribution in [2.75, 3.05) is 26.3 Å². The number of hydrogen-bond acceptors (Lipinski definition) is 10. The van der Waals surface area contributed by atoms with Crippen molar-refractivity contribution in [3.05, 3.63) is 57.5 Å². The van der Waals surface area contributed by atoms with Gasteiger partial charge in [-0.3, -0.25) is 20.2 Å². The van der Waals surface area contributed by atoms with Crippen LogP contribution in [0.5, 0.6) is 23.0 Å². The summed E-state index contributed by atoms with van der Waals surface area (Å²) in [6, 6.07) is 7.49. The van der Waals surface area contributed by atoms with Gasteiger partial charge in [0.05, 0.1) is 31.6 Å². The molecule has 0 saturated heterocycles. The standard InChI is InChI=1S/C19H16N4O8/c1-27-14-7-11(12(23(25)26)8-15(14)28-2)18(24)20-19-22-21-17(31-19)6-10-3-4-13-16(5-10)30-9-29-13/h3-5,7-8H,6,9H2,1-2H3,(H,20,22,24). The summed E-state index contributed by atoms with van der Waals surface area (Å²) in [5.41, 5.74) is 0.120. The maximum atomic E-state index is 12.6. The number of methoxy groups -OCH3 is 2. The third-order valence-corrected chi connectivity index (χ3v) is 4.42. The zero-order valence-electron chi connectivity index (χ0n) is 16.4. The highest BCUT2D eigenvalue weighted by molar-refractivity contribution is 6.06. The fourth-order valence-corrected chi connectivity index (χ4v) is 2.97. The molecule has 0 aliphatic carbocycles. The second kappa shape index (κ2) is 8.18. The molecule has 1 amide bonds. The number of aromatic nitrogens is 2. The van der Waals surface area contributed by atoms with E-state index in [1.165, 1.54) is 20.3 Å². The van der Waals surface area contributed by atoms with Gasteiger partial charge in [-0.2, -0.15) is 0 Å². The van der Waals surface area contributed by atoms with Crippen LogP contribution in [0.25, 0.3) is 0 Å². The van der Waals surface area contributed by atoms with Crippen molar-refractivity contribution in [2.24, 2.45) is 0 Å². The van der Waals surface area contributed by atoms with Crippen molar-refractivity contribution in [1.29, 1.82) is 0 Å². The van der Waals surface area contributed by atoms with Crippen LogP contribution in [0.4, 0.5) is 11.7 Å². The number of rotatable bonds is 7. The fraction of sp³-hybridized carbons (Fsp3) is 0.211. The topological polar surface area (TPSA) is 148 Å². The molecule has 31 heavy (non-hydrogen) atoms. The molecule has 1 aliphatic rings. The molecule has 2 aromatic carbocycles. The predicted molar refractivity (Wildman–Crippen MR) is 104 cm³/mol. The molecule has 0 saturated carbocycles. The number of ether oxygens (including phenoxy) is 4. The molecule has 0 unspecified atom stereocenters. The Morgan fingerprint density at radius 3 is 2.61 bits per heavy atom. The zero-order valence-corrected chi connectivity index (χ0v) is 16.4. The molecule has 1 aliphatic heterocycles. The smallest absolute Gasteiger partial charge is 0.322 e. The van der Waals surface area contributed by atoms with Crippen LogP contribution in [0, 0.1) is 10.1 Å². The van der Waals surface area contributed by atoms with E-state index >= 15 is 0 Å². The van der Waals surface area contributed by atoms with Crippen LogP contribution in [-0.4, -0.2) is 42.0 Å². The van der Waals surface area contributed by atoms with E-state index in [9.17, 15) is 14.9 Å². The molecule has 0 atom stereocenters. The van der Waals surface area contributed by atoms with Crippen LogP contribution >= 0.6 is 0 Å². The quantitative estimate of drug-likeness (QED) is 0.439. The Kier molecular flexibility index (Phi) is 5.26. The minimum absolute atomic E-state index is 0.120. The number of nitrogens with zero attached hydrogens (tertiary/aromatic N) is 3. The minimum atomic E-state index is -0.814. The van der Waals surface area contributed by atoms with Crippen molar-refractivity contribution >= 4 is 17.6 Å². The van der Waals surface area contributed by atoms with E-state index in [0.717, 1.165) is 11.6 Å². The number of hydrogen-bond donors (Lipinski definition) is 1. The normalized spacial score (nSPS) is 11.8. The van der Waals surface area contributed by atoms with E-state index in [0.29, 0.717) is 11.5 Å². The summed E-state index contributed by atoms with van der Waals surface area (Å²) >= 11 is 0. The minimum Gasteiger partial charge on any atom is -0.493 e. The van der Waals surface area contributed by atoms with E-state index in [1.807, 2.05) is 6.07 Å². The third kappa shape index (κ3) is 4.03. The molecule has 3 aromatic rings. The Balaban J connectivity index is 1.52. The van der Waals surface area contributed by atoms with Gasteiger partial charge in [-0.25, -0.2) is 0 Å². The summed E-state index contributed by atoms with van der Waals surface area (Å²) in [5.74, 6) is 0.966. The molecule has 12 nitrogen and oxygen atoms in total. The number of nitro groups is 1. The maximum absolute atomic E-state index is 12.6. The SMILES string of the molecule is COc1cc(C(=O)Nc2nnc(Cc3ccc4c(c3)OCO4)o2)c([N+](=O)[O-])cc1OC. The number of fused-ring (bicyclic) bond motifs is 1. The summed E-state index contributed by atoms with van der Waals surface area (Å²) in [4.78, 5) is 23.3. The van der Waals surface area contributed by atoms with Crippen molar-refractivity contribution in [3.63, 3.8) is 0 Å². The molecule has 160 valence electrons. The molecule has 12 heteroatoms.